The molecule has 3 aromatic rings. The van der Waals surface area contributed by atoms with Crippen LogP contribution in [0.1, 0.15) is 92.3 Å². The number of hydrogen-bond donors (Lipinski definition) is 4. The van der Waals surface area contributed by atoms with Gasteiger partial charge in [-0.05, 0) is 105 Å². The Bertz CT molecular complexity index is 2180. The van der Waals surface area contributed by atoms with Gasteiger partial charge < -0.3 is 54.1 Å². The first-order chi connectivity index (χ1) is 32.1. The number of rotatable bonds is 12. The Kier molecular flexibility index (Phi) is 19.4. The first-order valence-corrected chi connectivity index (χ1v) is 24.0. The van der Waals surface area contributed by atoms with Crippen molar-refractivity contribution in [2.45, 2.75) is 154 Å². The van der Waals surface area contributed by atoms with Crippen molar-refractivity contribution in [2.75, 3.05) is 40.8 Å². The Labute approximate surface area is 402 Å². The lowest BCUT2D eigenvalue weighted by Gasteiger charge is -2.48. The molecule has 1 aromatic carbocycles. The van der Waals surface area contributed by atoms with E-state index in [9.17, 15) is 29.7 Å². The number of pyridine rings is 2. The quantitative estimate of drug-likeness (QED) is 0.0866. The van der Waals surface area contributed by atoms with Gasteiger partial charge >= 0.3 is 17.9 Å². The third-order valence-corrected chi connectivity index (χ3v) is 13.6. The summed E-state index contributed by atoms with van der Waals surface area (Å²) in [5, 5.41) is 39.7. The van der Waals surface area contributed by atoms with E-state index in [1.165, 1.54) is 6.92 Å². The molecule has 2 fully saturated rings. The Hall–Kier alpha value is -4.57. The normalized spacial score (nSPS) is 33.4. The van der Waals surface area contributed by atoms with Crippen molar-refractivity contribution in [1.82, 2.24) is 25.1 Å². The number of likely N-dealkylation sites (N-methyl/N-ethyl adjacent to an activating group) is 2. The number of ether oxygens (including phenoxy) is 5. The third kappa shape index (κ3) is 14.0. The van der Waals surface area contributed by atoms with Gasteiger partial charge in [0.05, 0.1) is 42.6 Å². The summed E-state index contributed by atoms with van der Waals surface area (Å²) in [6, 6.07) is 14.0. The minimum Gasteiger partial charge on any atom is -0.461 e. The molecule has 16 heteroatoms. The fourth-order valence-corrected chi connectivity index (χ4v) is 9.79. The molecule has 0 spiro atoms. The van der Waals surface area contributed by atoms with E-state index in [0.717, 1.165) is 16.5 Å². The van der Waals surface area contributed by atoms with Crippen molar-refractivity contribution in [2.24, 2.45) is 17.8 Å². The van der Waals surface area contributed by atoms with E-state index in [-0.39, 0.29) is 50.3 Å². The molecule has 4 heterocycles. The topological polar surface area (TPSA) is 202 Å². The van der Waals surface area contributed by atoms with Crippen LogP contribution in [-0.4, -0.2) is 160 Å². The second kappa shape index (κ2) is 24.3. The van der Waals surface area contributed by atoms with Crippen LogP contribution < -0.4 is 5.32 Å². The highest BCUT2D eigenvalue weighted by molar-refractivity contribution is 5.79. The largest absolute Gasteiger partial charge is 0.461 e. The maximum atomic E-state index is 14.4. The molecule has 68 heavy (non-hydrogen) atoms. The van der Waals surface area contributed by atoms with Gasteiger partial charge in [-0.3, -0.25) is 24.4 Å². The van der Waals surface area contributed by atoms with Gasteiger partial charge in [0.2, 0.25) is 0 Å². The van der Waals surface area contributed by atoms with Crippen LogP contribution in [0.15, 0.2) is 60.9 Å². The summed E-state index contributed by atoms with van der Waals surface area (Å²) in [5.41, 5.74) is -1.31. The molecule has 0 aliphatic carbocycles. The second-order valence-corrected chi connectivity index (χ2v) is 19.7. The molecule has 374 valence electrons. The number of aliphatic hydroxyl groups is 3. The number of benzene rings is 1. The van der Waals surface area contributed by atoms with Gasteiger partial charge in [0.25, 0.3) is 0 Å². The van der Waals surface area contributed by atoms with Gasteiger partial charge in [-0.15, -0.1) is 0 Å². The highest BCUT2D eigenvalue weighted by atomic mass is 16.7. The summed E-state index contributed by atoms with van der Waals surface area (Å²) >= 11 is 0. The highest BCUT2D eigenvalue weighted by Crippen LogP contribution is 2.40. The van der Waals surface area contributed by atoms with Crippen molar-refractivity contribution >= 4 is 28.8 Å². The van der Waals surface area contributed by atoms with E-state index in [4.69, 9.17) is 23.7 Å². The molecule has 0 bridgehead atoms. The number of hydrogen-bond acceptors (Lipinski definition) is 16. The molecule has 4 N–H and O–H groups in total. The van der Waals surface area contributed by atoms with Gasteiger partial charge in [-0.2, -0.15) is 0 Å². The number of carbonyl (C=O) groups is 3. The summed E-state index contributed by atoms with van der Waals surface area (Å²) in [6.07, 6.45) is -3.79. The van der Waals surface area contributed by atoms with Crippen molar-refractivity contribution in [3.05, 3.63) is 72.2 Å². The molecule has 5 rings (SSSR count). The number of aromatic nitrogens is 2. The molecule has 2 saturated heterocycles. The number of carbonyl (C=O) groups excluding carboxylic acids is 3. The lowest BCUT2D eigenvalue weighted by atomic mass is 9.77. The van der Waals surface area contributed by atoms with Crippen molar-refractivity contribution < 1.29 is 53.4 Å². The summed E-state index contributed by atoms with van der Waals surface area (Å²) in [7, 11) is 5.55. The Morgan fingerprint density at radius 2 is 1.75 bits per heavy atom. The summed E-state index contributed by atoms with van der Waals surface area (Å²) < 4.78 is 32.3. The summed E-state index contributed by atoms with van der Waals surface area (Å²) in [4.78, 5) is 55.2. The Morgan fingerprint density at radius 3 is 2.44 bits per heavy atom. The molecule has 0 amide bonds. The predicted octanol–water partition coefficient (Wildman–Crippen LogP) is 4.29. The molecule has 0 radical (unpaired) electrons. The average molecular weight is 946 g/mol. The van der Waals surface area contributed by atoms with Gasteiger partial charge in [0.1, 0.15) is 41.7 Å². The van der Waals surface area contributed by atoms with E-state index in [0.29, 0.717) is 25.2 Å². The van der Waals surface area contributed by atoms with Crippen LogP contribution in [0.5, 0.6) is 0 Å². The smallest absolute Gasteiger partial charge is 0.312 e. The number of aliphatic hydroxyl groups excluding tert-OH is 2. The van der Waals surface area contributed by atoms with E-state index in [1.807, 2.05) is 75.1 Å². The maximum absolute atomic E-state index is 14.4. The molecule has 2 aromatic heterocycles. The van der Waals surface area contributed by atoms with Crippen LogP contribution in [-0.2, 0) is 44.5 Å². The van der Waals surface area contributed by atoms with Crippen LogP contribution in [0.3, 0.4) is 0 Å². The van der Waals surface area contributed by atoms with Crippen molar-refractivity contribution in [1.29, 1.82) is 0 Å². The molecule has 14 atom stereocenters. The Morgan fingerprint density at radius 1 is 1.03 bits per heavy atom. The first-order valence-electron chi connectivity index (χ1n) is 24.0. The van der Waals surface area contributed by atoms with E-state index >= 15 is 0 Å². The first kappa shape index (κ1) is 54.4. The van der Waals surface area contributed by atoms with E-state index in [1.54, 1.807) is 65.2 Å². The maximum Gasteiger partial charge on any atom is 0.312 e. The summed E-state index contributed by atoms with van der Waals surface area (Å²) in [6.45, 7) is 14.8. The van der Waals surface area contributed by atoms with E-state index < -0.39 is 83.8 Å². The molecule has 0 saturated carbocycles. The van der Waals surface area contributed by atoms with Crippen LogP contribution in [0.4, 0.5) is 0 Å². The number of nitrogens with one attached hydrogen (secondary N) is 1. The average Bonchev–Trinajstić information content (AvgIpc) is 3.29. The minimum absolute atomic E-state index is 0.0472. The lowest BCUT2D eigenvalue weighted by Crippen LogP contribution is -2.60. The summed E-state index contributed by atoms with van der Waals surface area (Å²) in [5.74, 6) is 1.80. The highest BCUT2D eigenvalue weighted by Gasteiger charge is 2.53. The number of para-hydroxylation sites is 1. The monoisotopic (exact) mass is 946 g/mol. The van der Waals surface area contributed by atoms with Gasteiger partial charge in [-0.25, -0.2) is 0 Å². The van der Waals surface area contributed by atoms with Crippen LogP contribution >= 0.6 is 0 Å². The number of cyclic esters (lactones) is 1. The predicted molar refractivity (Wildman–Crippen MR) is 257 cm³/mol. The number of nitrogens with zero attached hydrogens (tertiary/aromatic N) is 4. The minimum atomic E-state index is -1.88. The number of esters is 3. The third-order valence-electron chi connectivity index (χ3n) is 13.6. The van der Waals surface area contributed by atoms with E-state index in [2.05, 4.69) is 27.1 Å². The molecular formula is C52H75N5O11. The SMILES string of the molecule is CC[C@H]1OC(=O)[C@H](C)[C@@H](OC(=O)Cc2ccccn2)[C@H](C)[C@@H](O[C@@H]2O[C@H](C)C[C@H](N(C)C)[C@H]2O)[C@](C)(OC(=O)CCNCC#Cc2cnc3ccccc3c2)C[C@@H](C)CN(C)[C@H](C)[C@@H](O)[C@]1(C)O. The zero-order valence-corrected chi connectivity index (χ0v) is 41.8. The fourth-order valence-electron chi connectivity index (χ4n) is 9.79. The van der Waals surface area contributed by atoms with Gasteiger partial charge in [-0.1, -0.05) is 56.9 Å². The second-order valence-electron chi connectivity index (χ2n) is 19.7. The van der Waals surface area contributed by atoms with Gasteiger partial charge in [0.15, 0.2) is 6.29 Å². The Balaban J connectivity index is 1.53. The molecule has 2 aliphatic heterocycles. The fraction of sp³-hybridized carbons (Fsp3) is 0.635. The zero-order chi connectivity index (χ0) is 49.9. The standard InChI is InChI=1S/C52H75N5O11/c1-12-42-52(8,63)47(61)36(6)57(11)31-32(2)29-51(7,68-43(58)22-25-53-23-17-18-37-27-38-19-13-14-21-40(38)55-30-37)48(67-50-45(60)41(56(9)10)26-33(3)64-50)34(4)46(35(5)49(62)65-42)66-44(59)28-39-20-15-16-24-54-39/h13-16,19-21,24,27,30,32-36,41-42,45-48,50,53,60-61,63H,12,22-23,25-26,28-29,31H2,1-11H3/t32-,33-,34+,35-,36-,41+,42-,45-,46+,47-,48-,50+,51-,52-/m1/s1. The lowest BCUT2D eigenvalue weighted by molar-refractivity contribution is -0.301. The van der Waals surface area contributed by atoms with Crippen LogP contribution in [0, 0.1) is 29.6 Å². The van der Waals surface area contributed by atoms with Crippen LogP contribution in [0.25, 0.3) is 10.9 Å². The number of fused-ring (bicyclic) bond motifs is 1. The van der Waals surface area contributed by atoms with Gasteiger partial charge in [0, 0.05) is 54.4 Å². The van der Waals surface area contributed by atoms with Crippen molar-refractivity contribution in [3.63, 3.8) is 0 Å². The molecule has 2 aliphatic rings. The van der Waals surface area contributed by atoms with Crippen molar-refractivity contribution in [3.8, 4) is 11.8 Å². The van der Waals surface area contributed by atoms with Crippen LogP contribution in [0.2, 0.25) is 0 Å². The zero-order valence-electron chi connectivity index (χ0n) is 41.8. The molecular weight excluding hydrogens is 871 g/mol. The molecule has 16 nitrogen and oxygen atoms in total. The molecule has 0 unspecified atom stereocenters.